The number of hydrogen-bond donors (Lipinski definition) is 1. The Labute approximate surface area is 348 Å². The van der Waals surface area contributed by atoms with Crippen molar-refractivity contribution >= 4 is 7.82 Å². The first-order valence-electron chi connectivity index (χ1n) is 13.4. The van der Waals surface area contributed by atoms with Gasteiger partial charge in [-0.15, -0.1) is 0 Å². The first kappa shape index (κ1) is 40.7. The summed E-state index contributed by atoms with van der Waals surface area (Å²) in [5.74, 6) is 5.46. The monoisotopic (exact) mass is 598 g/mol. The topological polar surface area (TPSA) is 106 Å². The zero-order valence-corrected chi connectivity index (χ0v) is 34.7. The fraction of sp³-hybridized carbons (Fsp3) is 0.926. The van der Waals surface area contributed by atoms with Crippen molar-refractivity contribution in [3.63, 3.8) is 0 Å². The summed E-state index contributed by atoms with van der Waals surface area (Å²) in [7, 11) is -5.39. The molecule has 5 nitrogen and oxygen atoms in total. The van der Waals surface area contributed by atoms with Crippen LogP contribution < -0.4 is 169 Å². The quantitative estimate of drug-likeness (QED) is 0.195. The van der Waals surface area contributed by atoms with Crippen LogP contribution in [0.5, 0.6) is 0 Å². The van der Waals surface area contributed by atoms with Crippen molar-refractivity contribution in [2.45, 2.75) is 111 Å². The molecule has 1 unspecified atom stereocenters. The molecule has 0 aromatic rings. The maximum atomic E-state index is 10.2. The van der Waals surface area contributed by atoms with Crippen LogP contribution in [0.4, 0.5) is 0 Å². The Hall–Kier alpha value is 4.72. The summed E-state index contributed by atoms with van der Waals surface area (Å²) in [5.41, 5.74) is 2.60. The summed E-state index contributed by atoms with van der Waals surface area (Å²) in [5, 5.41) is 10.2. The zero-order chi connectivity index (χ0) is 24.6. The largest absolute Gasteiger partial charge is 1.00 e. The van der Waals surface area contributed by atoms with E-state index in [1.165, 1.54) is 57.8 Å². The molecule has 3 fully saturated rings. The van der Waals surface area contributed by atoms with Gasteiger partial charge in [-0.2, -0.15) is 7.82 Å². The van der Waals surface area contributed by atoms with Crippen molar-refractivity contribution < 1.29 is 179 Å². The minimum Gasteiger partial charge on any atom is -0.822 e. The van der Waals surface area contributed by atoms with Gasteiger partial charge in [0.25, 0.3) is 0 Å². The molecule has 4 aliphatic carbocycles. The van der Waals surface area contributed by atoms with Gasteiger partial charge in [0, 0.05) is 0 Å². The van der Waals surface area contributed by atoms with Crippen LogP contribution >= 0.6 is 7.82 Å². The standard InChI is InChI=1S/C27H46O.3K.H3O4P/c1-18(2)7-6-8-19(3)23-11-12-24-22-10-9-20-17-21(28)13-15-26(20,4)25(22)14-16-27(23,24)5;;;;1-5(2,3)4/h9,18-19,21-25,28H,6-8,10-17H2,1-5H3;;;;(H3,1,2,3,4)/q;3*+1;/p-3/t19?,21-,22-,23+,24-,25-,26-,27+;;;;/m0..../s1. The molecule has 0 bridgehead atoms. The van der Waals surface area contributed by atoms with E-state index >= 15 is 0 Å². The molecule has 0 aromatic heterocycles. The Morgan fingerprint density at radius 2 is 1.58 bits per heavy atom. The van der Waals surface area contributed by atoms with E-state index in [1.807, 2.05) is 0 Å². The van der Waals surface area contributed by atoms with Gasteiger partial charge in [0.1, 0.15) is 0 Å². The SMILES string of the molecule is CC(C)CCCC(C)[C@H]1CC[C@H]2[C@@H]3CC=C4C[C@@H](O)CC[C@]4(C)[C@H]3CC[C@]12C.O=P([O-])([O-])[O-].[K+].[K+].[K+]. The third-order valence-electron chi connectivity index (χ3n) is 10.3. The Morgan fingerprint density at radius 3 is 2.17 bits per heavy atom. The molecule has 0 radical (unpaired) electrons. The van der Waals surface area contributed by atoms with Crippen LogP contribution in [0.1, 0.15) is 105 Å². The van der Waals surface area contributed by atoms with E-state index in [9.17, 15) is 5.11 Å². The first-order valence-corrected chi connectivity index (χ1v) is 14.8. The molecule has 36 heavy (non-hydrogen) atoms. The number of allylic oxidation sites excluding steroid dienone is 1. The summed E-state index contributed by atoms with van der Waals surface area (Å²) in [4.78, 5) is 25.6. The van der Waals surface area contributed by atoms with Crippen molar-refractivity contribution in [1.29, 1.82) is 0 Å². The van der Waals surface area contributed by atoms with Gasteiger partial charge in [-0.25, -0.2) is 0 Å². The van der Waals surface area contributed by atoms with Crippen LogP contribution in [-0.2, 0) is 4.57 Å². The number of fused-ring (bicyclic) bond motifs is 5. The van der Waals surface area contributed by atoms with E-state index in [0.717, 1.165) is 48.3 Å². The Kier molecular flexibility index (Phi) is 19.5. The van der Waals surface area contributed by atoms with Crippen molar-refractivity contribution in [2.75, 3.05) is 0 Å². The van der Waals surface area contributed by atoms with Crippen LogP contribution in [0, 0.1) is 46.3 Å². The molecule has 0 amide bonds. The average Bonchev–Trinajstić information content (AvgIpc) is 3.04. The maximum Gasteiger partial charge on any atom is 1.00 e. The van der Waals surface area contributed by atoms with Gasteiger partial charge in [0.2, 0.25) is 0 Å². The Morgan fingerprint density at radius 1 is 0.972 bits per heavy atom. The Balaban J connectivity index is 0.00000140. The molecule has 4 rings (SSSR count). The first-order chi connectivity index (χ1) is 15.3. The molecule has 4 aliphatic rings. The molecule has 3 saturated carbocycles. The predicted octanol–water partition coefficient (Wildman–Crippen LogP) is -4.42. The van der Waals surface area contributed by atoms with E-state index in [0.29, 0.717) is 10.8 Å². The van der Waals surface area contributed by atoms with Gasteiger partial charge in [0.15, 0.2) is 0 Å². The minimum absolute atomic E-state index is 0. The molecular weight excluding hydrogens is 553 g/mol. The maximum absolute atomic E-state index is 10.2. The van der Waals surface area contributed by atoms with Crippen molar-refractivity contribution in [1.82, 2.24) is 0 Å². The third-order valence-corrected chi connectivity index (χ3v) is 10.3. The molecule has 9 heteroatoms. The number of aliphatic hydroxyl groups excluding tert-OH is 1. The van der Waals surface area contributed by atoms with Crippen molar-refractivity contribution in [3.8, 4) is 0 Å². The molecule has 0 heterocycles. The summed E-state index contributed by atoms with van der Waals surface area (Å²) in [6.07, 6.45) is 17.2. The molecule has 0 aliphatic heterocycles. The van der Waals surface area contributed by atoms with E-state index in [-0.39, 0.29) is 160 Å². The van der Waals surface area contributed by atoms with Gasteiger partial charge >= 0.3 is 154 Å². The van der Waals surface area contributed by atoms with Crippen LogP contribution in [0.2, 0.25) is 0 Å². The minimum atomic E-state index is -5.39. The van der Waals surface area contributed by atoms with Gasteiger partial charge in [-0.1, -0.05) is 65.5 Å². The summed E-state index contributed by atoms with van der Waals surface area (Å²) >= 11 is 0. The van der Waals surface area contributed by atoms with Crippen molar-refractivity contribution in [3.05, 3.63) is 11.6 Å². The second-order valence-electron chi connectivity index (χ2n) is 12.6. The normalized spacial score (nSPS) is 37.8. The summed E-state index contributed by atoms with van der Waals surface area (Å²) < 4.78 is 8.55. The summed E-state index contributed by atoms with van der Waals surface area (Å²) in [6, 6.07) is 0. The molecule has 8 atom stereocenters. The van der Waals surface area contributed by atoms with Crippen LogP contribution in [0.25, 0.3) is 0 Å². The molecule has 0 spiro atoms. The number of rotatable bonds is 5. The van der Waals surface area contributed by atoms with E-state index < -0.39 is 7.82 Å². The van der Waals surface area contributed by atoms with Gasteiger partial charge in [-0.3, -0.25) is 0 Å². The summed E-state index contributed by atoms with van der Waals surface area (Å²) in [6.45, 7) is 12.6. The fourth-order valence-corrected chi connectivity index (χ4v) is 8.67. The van der Waals surface area contributed by atoms with Gasteiger partial charge in [-0.05, 0) is 97.7 Å². The third kappa shape index (κ3) is 10.4. The van der Waals surface area contributed by atoms with Crippen LogP contribution in [0.3, 0.4) is 0 Å². The van der Waals surface area contributed by atoms with Crippen LogP contribution in [-0.4, -0.2) is 11.2 Å². The van der Waals surface area contributed by atoms with E-state index in [2.05, 4.69) is 40.7 Å². The van der Waals surface area contributed by atoms with E-state index in [1.54, 1.807) is 5.57 Å². The average molecular weight is 599 g/mol. The molecule has 1 N–H and O–H groups in total. The van der Waals surface area contributed by atoms with E-state index in [4.69, 9.17) is 19.2 Å². The molecule has 0 aromatic carbocycles. The second-order valence-corrected chi connectivity index (χ2v) is 13.5. The second kappa shape index (κ2) is 17.3. The smallest absolute Gasteiger partial charge is 0.822 e. The predicted molar refractivity (Wildman–Crippen MR) is 127 cm³/mol. The number of phosphoric acid groups is 1. The van der Waals surface area contributed by atoms with Crippen LogP contribution in [0.15, 0.2) is 11.6 Å². The molecule has 192 valence electrons. The zero-order valence-electron chi connectivity index (χ0n) is 24.4. The number of hydrogen-bond acceptors (Lipinski definition) is 5. The Bertz CT molecular complexity index is 751. The van der Waals surface area contributed by atoms with Gasteiger partial charge in [0.05, 0.1) is 6.10 Å². The molecule has 0 saturated heterocycles. The number of aliphatic hydroxyl groups is 1. The van der Waals surface area contributed by atoms with Gasteiger partial charge < -0.3 is 24.4 Å². The van der Waals surface area contributed by atoms with Crippen molar-refractivity contribution in [2.24, 2.45) is 46.3 Å². The fourth-order valence-electron chi connectivity index (χ4n) is 8.67. The molecular formula is C27H46K3O5P.